The summed E-state index contributed by atoms with van der Waals surface area (Å²) in [5.41, 5.74) is 1.42. The fourth-order valence-electron chi connectivity index (χ4n) is 3.20. The quantitative estimate of drug-likeness (QED) is 0.529. The molecule has 0 radical (unpaired) electrons. The van der Waals surface area contributed by atoms with Gasteiger partial charge in [0.15, 0.2) is 6.04 Å². The number of nitrogens with one attached hydrogen (secondary N) is 1. The number of aliphatic carboxylic acids is 1. The molecular weight excluding hydrogens is 362 g/mol. The molecule has 0 aliphatic carbocycles. The minimum absolute atomic E-state index is 0.245. The summed E-state index contributed by atoms with van der Waals surface area (Å²) in [6, 6.07) is 3.39. The molecule has 0 saturated carbocycles. The lowest BCUT2D eigenvalue weighted by atomic mass is 9.85. The zero-order chi connectivity index (χ0) is 21.1. The highest BCUT2D eigenvalue weighted by molar-refractivity contribution is 5.97. The van der Waals surface area contributed by atoms with E-state index in [1.807, 2.05) is 20.8 Å². The summed E-state index contributed by atoms with van der Waals surface area (Å²) in [5, 5.41) is 31.5. The molecule has 0 fully saturated rings. The lowest BCUT2D eigenvalue weighted by molar-refractivity contribution is -0.141. The predicted octanol–water partition coefficient (Wildman–Crippen LogP) is 2.05. The highest BCUT2D eigenvalue weighted by Gasteiger charge is 2.39. The molecule has 7 nitrogen and oxygen atoms in total. The Labute approximate surface area is 165 Å². The van der Waals surface area contributed by atoms with Crippen molar-refractivity contribution < 1.29 is 29.6 Å². The summed E-state index contributed by atoms with van der Waals surface area (Å²) in [4.78, 5) is 23.5. The summed E-state index contributed by atoms with van der Waals surface area (Å²) < 4.78 is 6.06. The van der Waals surface area contributed by atoms with E-state index in [4.69, 9.17) is 9.84 Å². The Kier molecular flexibility index (Phi) is 6.85. The lowest BCUT2D eigenvalue weighted by Crippen LogP contribution is -2.49. The zero-order valence-corrected chi connectivity index (χ0v) is 16.7. The van der Waals surface area contributed by atoms with Crippen LogP contribution >= 0.6 is 0 Å². The summed E-state index contributed by atoms with van der Waals surface area (Å²) in [6.45, 7) is 7.22. The summed E-state index contributed by atoms with van der Waals surface area (Å²) in [7, 11) is 0. The topological polar surface area (TPSA) is 116 Å². The molecule has 1 aliphatic rings. The van der Waals surface area contributed by atoms with Crippen LogP contribution in [0.15, 0.2) is 29.8 Å². The molecule has 1 heterocycles. The van der Waals surface area contributed by atoms with Gasteiger partial charge in [0, 0.05) is 12.0 Å². The van der Waals surface area contributed by atoms with Crippen LogP contribution < -0.4 is 10.1 Å². The number of benzene rings is 1. The minimum atomic E-state index is -1.40. The second-order valence-electron chi connectivity index (χ2n) is 7.81. The number of allylic oxidation sites excluding steroid dienone is 2. The second-order valence-corrected chi connectivity index (χ2v) is 7.81. The third-order valence-electron chi connectivity index (χ3n) is 5.01. The smallest absolute Gasteiger partial charge is 0.328 e. The number of aliphatic hydroxyl groups excluding tert-OH is 2. The molecule has 0 aromatic heterocycles. The molecule has 1 amide bonds. The molecule has 7 heteroatoms. The number of rotatable bonds is 7. The van der Waals surface area contributed by atoms with Gasteiger partial charge < -0.3 is 25.4 Å². The van der Waals surface area contributed by atoms with E-state index in [0.717, 1.165) is 6.42 Å². The van der Waals surface area contributed by atoms with Crippen molar-refractivity contribution in [2.24, 2.45) is 0 Å². The first-order valence-corrected chi connectivity index (χ1v) is 9.38. The molecule has 1 aromatic carbocycles. The number of fused-ring (bicyclic) bond motifs is 1. The molecular formula is C21H29NO6. The number of carbonyl (C=O) groups is 2. The van der Waals surface area contributed by atoms with Gasteiger partial charge in [-0.05, 0) is 64.3 Å². The zero-order valence-electron chi connectivity index (χ0n) is 16.7. The third kappa shape index (κ3) is 5.11. The highest BCUT2D eigenvalue weighted by atomic mass is 16.5. The number of aliphatic hydroxyl groups is 2. The van der Waals surface area contributed by atoms with Gasteiger partial charge in [0.05, 0.1) is 12.2 Å². The largest absolute Gasteiger partial charge is 0.485 e. The Balaban J connectivity index is 2.16. The molecule has 28 heavy (non-hydrogen) atoms. The standard InChI is InChI=1S/C21H29NO6/c1-12(2)6-5-9-21(4)17(24)11-15-10-14(7-8-16(15)28-21)19(25)22-18(13(3)23)20(26)27/h6-8,10,13,17-18,23-24H,5,9,11H2,1-4H3,(H,22,25)(H,26,27)/t13-,17+,18+,21+/m1/s1. The van der Waals surface area contributed by atoms with Gasteiger partial charge in [0.2, 0.25) is 0 Å². The van der Waals surface area contributed by atoms with Crippen LogP contribution in [0.5, 0.6) is 5.75 Å². The van der Waals surface area contributed by atoms with Gasteiger partial charge >= 0.3 is 5.97 Å². The van der Waals surface area contributed by atoms with E-state index in [-0.39, 0.29) is 5.56 Å². The average molecular weight is 391 g/mol. The fraction of sp³-hybridized carbons (Fsp3) is 0.524. The molecule has 4 N–H and O–H groups in total. The van der Waals surface area contributed by atoms with Crippen molar-refractivity contribution in [3.8, 4) is 5.75 Å². The van der Waals surface area contributed by atoms with E-state index in [9.17, 15) is 19.8 Å². The number of hydrogen-bond acceptors (Lipinski definition) is 5. The molecule has 154 valence electrons. The van der Waals surface area contributed by atoms with Crippen LogP contribution in [-0.4, -0.2) is 51.0 Å². The summed E-state index contributed by atoms with van der Waals surface area (Å²) in [5.74, 6) is -1.32. The molecule has 0 unspecified atom stereocenters. The Hall–Kier alpha value is -2.38. The first kappa shape index (κ1) is 21.9. The third-order valence-corrected chi connectivity index (χ3v) is 5.01. The molecule has 1 aliphatic heterocycles. The Bertz CT molecular complexity index is 768. The maximum atomic E-state index is 12.4. The van der Waals surface area contributed by atoms with E-state index in [2.05, 4.69) is 11.4 Å². The van der Waals surface area contributed by atoms with Crippen LogP contribution in [0.1, 0.15) is 56.5 Å². The maximum Gasteiger partial charge on any atom is 0.328 e. The monoisotopic (exact) mass is 391 g/mol. The van der Waals surface area contributed by atoms with Crippen molar-refractivity contribution in [3.05, 3.63) is 41.0 Å². The van der Waals surface area contributed by atoms with E-state index < -0.39 is 35.7 Å². The fourth-order valence-corrected chi connectivity index (χ4v) is 3.20. The number of ether oxygens (including phenoxy) is 1. The van der Waals surface area contributed by atoms with Crippen molar-refractivity contribution in [1.29, 1.82) is 0 Å². The van der Waals surface area contributed by atoms with Crippen molar-refractivity contribution in [2.45, 2.75) is 70.8 Å². The van der Waals surface area contributed by atoms with Crippen molar-refractivity contribution >= 4 is 11.9 Å². The SMILES string of the molecule is CC(C)=CCC[C@]1(C)Oc2ccc(C(=O)N[C@H](C(=O)O)[C@@H](C)O)cc2C[C@@H]1O. The Morgan fingerprint density at radius 3 is 2.64 bits per heavy atom. The van der Waals surface area contributed by atoms with Gasteiger partial charge in [-0.2, -0.15) is 0 Å². The maximum absolute atomic E-state index is 12.4. The molecule has 0 bridgehead atoms. The molecule has 1 aromatic rings. The summed E-state index contributed by atoms with van der Waals surface area (Å²) in [6.07, 6.45) is 1.93. The average Bonchev–Trinajstić information content (AvgIpc) is 2.59. The Morgan fingerprint density at radius 1 is 1.39 bits per heavy atom. The molecule has 4 atom stereocenters. The number of carboxylic acid groups (broad SMARTS) is 1. The lowest BCUT2D eigenvalue weighted by Gasteiger charge is -2.40. The van der Waals surface area contributed by atoms with E-state index in [1.165, 1.54) is 12.5 Å². The predicted molar refractivity (Wildman–Crippen MR) is 104 cm³/mol. The van der Waals surface area contributed by atoms with Crippen LogP contribution in [0, 0.1) is 0 Å². The van der Waals surface area contributed by atoms with Gasteiger partial charge in [-0.1, -0.05) is 11.6 Å². The first-order chi connectivity index (χ1) is 13.0. The molecule has 0 saturated heterocycles. The number of carbonyl (C=O) groups excluding carboxylic acids is 1. The Morgan fingerprint density at radius 2 is 2.07 bits per heavy atom. The van der Waals surface area contributed by atoms with Crippen molar-refractivity contribution in [1.82, 2.24) is 5.32 Å². The van der Waals surface area contributed by atoms with Gasteiger partial charge in [-0.15, -0.1) is 0 Å². The van der Waals surface area contributed by atoms with Crippen LogP contribution in [-0.2, 0) is 11.2 Å². The van der Waals surface area contributed by atoms with E-state index >= 15 is 0 Å². The van der Waals surface area contributed by atoms with Crippen LogP contribution in [0.3, 0.4) is 0 Å². The number of hydrogen-bond donors (Lipinski definition) is 4. The van der Waals surface area contributed by atoms with Crippen LogP contribution in [0.25, 0.3) is 0 Å². The van der Waals surface area contributed by atoms with Gasteiger partial charge in [-0.3, -0.25) is 4.79 Å². The highest BCUT2D eigenvalue weighted by Crippen LogP contribution is 2.36. The van der Waals surface area contributed by atoms with Crippen molar-refractivity contribution in [2.75, 3.05) is 0 Å². The van der Waals surface area contributed by atoms with Crippen molar-refractivity contribution in [3.63, 3.8) is 0 Å². The number of carboxylic acids is 1. The van der Waals surface area contributed by atoms with Gasteiger partial charge in [0.25, 0.3) is 5.91 Å². The second kappa shape index (κ2) is 8.75. The molecule has 2 rings (SSSR count). The van der Waals surface area contributed by atoms with Gasteiger partial charge in [0.1, 0.15) is 11.4 Å². The number of amides is 1. The normalized spacial score (nSPS) is 23.0. The van der Waals surface area contributed by atoms with E-state index in [1.54, 1.807) is 18.2 Å². The molecule has 0 spiro atoms. The van der Waals surface area contributed by atoms with Gasteiger partial charge in [-0.25, -0.2) is 4.79 Å². The van der Waals surface area contributed by atoms with Crippen LogP contribution in [0.2, 0.25) is 0 Å². The minimum Gasteiger partial charge on any atom is -0.485 e. The van der Waals surface area contributed by atoms with Crippen LogP contribution in [0.4, 0.5) is 0 Å². The van der Waals surface area contributed by atoms with E-state index in [0.29, 0.717) is 24.2 Å². The first-order valence-electron chi connectivity index (χ1n) is 9.38. The summed E-state index contributed by atoms with van der Waals surface area (Å²) >= 11 is 0.